The predicted molar refractivity (Wildman–Crippen MR) is 61.8 cm³/mol. The maximum absolute atomic E-state index is 11.7. The summed E-state index contributed by atoms with van der Waals surface area (Å²) in [7, 11) is 0. The fourth-order valence-corrected chi connectivity index (χ4v) is 1.07. The molecule has 4 nitrogen and oxygen atoms in total. The van der Waals surface area contributed by atoms with E-state index in [0.717, 1.165) is 0 Å². The Labute approximate surface area is 94.7 Å². The molecular formula is C12H15NO3. The number of hydrogen-bond acceptors (Lipinski definition) is 3. The van der Waals surface area contributed by atoms with Crippen molar-refractivity contribution in [1.29, 1.82) is 0 Å². The van der Waals surface area contributed by atoms with Crippen LogP contribution in [0.3, 0.4) is 0 Å². The Hall–Kier alpha value is -1.97. The number of hydrogen-bond donors (Lipinski definition) is 1. The molecule has 0 rings (SSSR count). The van der Waals surface area contributed by atoms with E-state index in [1.807, 2.05) is 0 Å². The van der Waals surface area contributed by atoms with Gasteiger partial charge in [0.15, 0.2) is 5.78 Å². The summed E-state index contributed by atoms with van der Waals surface area (Å²) >= 11 is 0. The van der Waals surface area contributed by atoms with Gasteiger partial charge in [-0.1, -0.05) is 30.9 Å². The van der Waals surface area contributed by atoms with Gasteiger partial charge >= 0.3 is 0 Å². The number of carbonyl (C=O) groups excluding carboxylic acids is 3. The van der Waals surface area contributed by atoms with Crippen LogP contribution < -0.4 is 5.32 Å². The number of amides is 1. The first-order chi connectivity index (χ1) is 7.69. The summed E-state index contributed by atoms with van der Waals surface area (Å²) in [5.74, 6) is -0.202. The molecule has 0 heterocycles. The zero-order valence-corrected chi connectivity index (χ0v) is 9.18. The van der Waals surface area contributed by atoms with Crippen molar-refractivity contribution in [2.24, 2.45) is 0 Å². The SMILES string of the molecule is C=C/C=C\C(=C/C)C(=O)CC(C=O)NC=O. The van der Waals surface area contributed by atoms with E-state index in [-0.39, 0.29) is 12.2 Å². The van der Waals surface area contributed by atoms with Crippen LogP contribution in [-0.4, -0.2) is 24.5 Å². The van der Waals surface area contributed by atoms with Crippen LogP contribution in [0.2, 0.25) is 0 Å². The summed E-state index contributed by atoms with van der Waals surface area (Å²) in [4.78, 5) is 32.3. The zero-order chi connectivity index (χ0) is 12.4. The number of carbonyl (C=O) groups is 3. The molecule has 0 aromatic rings. The monoisotopic (exact) mass is 221 g/mol. The van der Waals surface area contributed by atoms with Gasteiger partial charge in [0.2, 0.25) is 6.41 Å². The Balaban J connectivity index is 4.52. The lowest BCUT2D eigenvalue weighted by Gasteiger charge is -2.07. The first-order valence-electron chi connectivity index (χ1n) is 4.83. The van der Waals surface area contributed by atoms with Crippen molar-refractivity contribution in [2.75, 3.05) is 0 Å². The van der Waals surface area contributed by atoms with Crippen LogP contribution >= 0.6 is 0 Å². The highest BCUT2D eigenvalue weighted by atomic mass is 16.1. The Bertz CT molecular complexity index is 329. The molecule has 0 aliphatic carbocycles. The van der Waals surface area contributed by atoms with Crippen LogP contribution in [0, 0.1) is 0 Å². The van der Waals surface area contributed by atoms with Crippen molar-refractivity contribution in [3.63, 3.8) is 0 Å². The summed E-state index contributed by atoms with van der Waals surface area (Å²) in [5, 5.41) is 2.26. The van der Waals surface area contributed by atoms with E-state index in [2.05, 4.69) is 11.9 Å². The van der Waals surface area contributed by atoms with E-state index < -0.39 is 6.04 Å². The van der Waals surface area contributed by atoms with Crippen LogP contribution in [0.4, 0.5) is 0 Å². The van der Waals surface area contributed by atoms with Gasteiger partial charge in [0.25, 0.3) is 0 Å². The minimum Gasteiger partial charge on any atom is -0.349 e. The molecule has 86 valence electrons. The average Bonchev–Trinajstić information content (AvgIpc) is 2.29. The van der Waals surface area contributed by atoms with E-state index in [9.17, 15) is 14.4 Å². The second-order valence-corrected chi connectivity index (χ2v) is 2.99. The van der Waals surface area contributed by atoms with Gasteiger partial charge < -0.3 is 10.1 Å². The molecule has 1 N–H and O–H groups in total. The highest BCUT2D eigenvalue weighted by molar-refractivity contribution is 5.99. The summed E-state index contributed by atoms with van der Waals surface area (Å²) < 4.78 is 0. The summed E-state index contributed by atoms with van der Waals surface area (Å²) in [6.07, 6.45) is 7.35. The van der Waals surface area contributed by atoms with Crippen molar-refractivity contribution < 1.29 is 14.4 Å². The molecule has 0 aromatic carbocycles. The summed E-state index contributed by atoms with van der Waals surface area (Å²) in [6.45, 7) is 5.22. The molecule has 0 radical (unpaired) electrons. The first-order valence-corrected chi connectivity index (χ1v) is 4.83. The maximum atomic E-state index is 11.7. The van der Waals surface area contributed by atoms with Crippen molar-refractivity contribution in [1.82, 2.24) is 5.32 Å². The van der Waals surface area contributed by atoms with E-state index in [1.165, 1.54) is 0 Å². The van der Waals surface area contributed by atoms with E-state index in [0.29, 0.717) is 18.3 Å². The Morgan fingerprint density at radius 3 is 2.56 bits per heavy atom. The molecule has 0 fully saturated rings. The molecule has 0 spiro atoms. The minimum absolute atomic E-state index is 0.0383. The number of aldehydes is 1. The van der Waals surface area contributed by atoms with Gasteiger partial charge in [-0.15, -0.1) is 0 Å². The molecule has 0 aliphatic heterocycles. The smallest absolute Gasteiger partial charge is 0.207 e. The van der Waals surface area contributed by atoms with Gasteiger partial charge in [-0.05, 0) is 6.92 Å². The zero-order valence-electron chi connectivity index (χ0n) is 9.18. The topological polar surface area (TPSA) is 63.2 Å². The average molecular weight is 221 g/mol. The molecule has 0 aromatic heterocycles. The molecule has 0 bridgehead atoms. The standard InChI is InChI=1S/C12H15NO3/c1-3-5-6-10(4-2)12(16)7-11(8-14)13-9-15/h3-6,8-9,11H,1,7H2,2H3,(H,13,15)/b6-5-,10-4+. The molecule has 0 aliphatic rings. The number of ketones is 1. The third-order valence-electron chi connectivity index (χ3n) is 1.90. The lowest BCUT2D eigenvalue weighted by atomic mass is 10.0. The fourth-order valence-electron chi connectivity index (χ4n) is 1.07. The number of rotatable bonds is 8. The van der Waals surface area contributed by atoms with Crippen molar-refractivity contribution >= 4 is 18.5 Å². The highest BCUT2D eigenvalue weighted by Crippen LogP contribution is 2.04. The highest BCUT2D eigenvalue weighted by Gasteiger charge is 2.13. The van der Waals surface area contributed by atoms with Crippen molar-refractivity contribution in [3.05, 3.63) is 36.5 Å². The lowest BCUT2D eigenvalue weighted by Crippen LogP contribution is -2.31. The minimum atomic E-state index is -0.767. The van der Waals surface area contributed by atoms with Gasteiger partial charge in [-0.25, -0.2) is 0 Å². The molecule has 1 amide bonds. The Morgan fingerprint density at radius 2 is 2.12 bits per heavy atom. The van der Waals surface area contributed by atoms with Gasteiger partial charge in [-0.3, -0.25) is 9.59 Å². The Morgan fingerprint density at radius 1 is 1.44 bits per heavy atom. The molecule has 1 unspecified atom stereocenters. The van der Waals surface area contributed by atoms with Crippen LogP contribution in [0.1, 0.15) is 13.3 Å². The lowest BCUT2D eigenvalue weighted by molar-refractivity contribution is -0.120. The van der Waals surface area contributed by atoms with Crippen molar-refractivity contribution in [3.8, 4) is 0 Å². The number of Topliss-reactive ketones (excluding diaryl/α,β-unsaturated/α-hetero) is 1. The predicted octanol–water partition coefficient (Wildman–Crippen LogP) is 0.948. The largest absolute Gasteiger partial charge is 0.349 e. The van der Waals surface area contributed by atoms with Crippen LogP contribution in [-0.2, 0) is 14.4 Å². The van der Waals surface area contributed by atoms with Crippen LogP contribution in [0.15, 0.2) is 36.5 Å². The van der Waals surface area contributed by atoms with E-state index in [4.69, 9.17) is 0 Å². The number of allylic oxidation sites excluding steroid dienone is 5. The molecule has 0 saturated heterocycles. The van der Waals surface area contributed by atoms with Crippen molar-refractivity contribution in [2.45, 2.75) is 19.4 Å². The van der Waals surface area contributed by atoms with E-state index >= 15 is 0 Å². The van der Waals surface area contributed by atoms with Gasteiger partial charge in [0.1, 0.15) is 6.29 Å². The second kappa shape index (κ2) is 8.35. The van der Waals surface area contributed by atoms with Crippen LogP contribution in [0.5, 0.6) is 0 Å². The summed E-state index contributed by atoms with van der Waals surface area (Å²) in [6, 6.07) is -0.767. The quantitative estimate of drug-likeness (QED) is 0.377. The fraction of sp³-hybridized carbons (Fsp3) is 0.250. The third kappa shape index (κ3) is 5.05. The Kier molecular flexibility index (Phi) is 7.32. The molecule has 1 atom stereocenters. The number of nitrogens with one attached hydrogen (secondary N) is 1. The maximum Gasteiger partial charge on any atom is 0.207 e. The van der Waals surface area contributed by atoms with E-state index in [1.54, 1.807) is 31.2 Å². The first kappa shape index (κ1) is 14.0. The molecule has 16 heavy (non-hydrogen) atoms. The second-order valence-electron chi connectivity index (χ2n) is 2.99. The normalized spacial score (nSPS) is 13.2. The molecule has 0 saturated carbocycles. The summed E-state index contributed by atoms with van der Waals surface area (Å²) in [5.41, 5.74) is 0.486. The van der Waals surface area contributed by atoms with Crippen LogP contribution in [0.25, 0.3) is 0 Å². The van der Waals surface area contributed by atoms with Gasteiger partial charge in [0, 0.05) is 12.0 Å². The third-order valence-corrected chi connectivity index (χ3v) is 1.90. The van der Waals surface area contributed by atoms with Gasteiger partial charge in [-0.2, -0.15) is 0 Å². The molecule has 4 heteroatoms. The van der Waals surface area contributed by atoms with Gasteiger partial charge in [0.05, 0.1) is 6.04 Å². The molecular weight excluding hydrogens is 206 g/mol.